The number of rotatable bonds is 6. The molecule has 108 valence electrons. The molecule has 1 aliphatic heterocycles. The van der Waals surface area contributed by atoms with Gasteiger partial charge in [-0.1, -0.05) is 27.7 Å². The zero-order chi connectivity index (χ0) is 13.8. The van der Waals surface area contributed by atoms with E-state index in [0.29, 0.717) is 18.5 Å². The zero-order valence-electron chi connectivity index (χ0n) is 12.1. The molecule has 18 heavy (non-hydrogen) atoms. The number of piperazine rings is 1. The van der Waals surface area contributed by atoms with E-state index in [4.69, 9.17) is 0 Å². The first-order valence-electron chi connectivity index (χ1n) is 7.13. The molecule has 0 aromatic carbocycles. The second kappa shape index (κ2) is 6.87. The van der Waals surface area contributed by atoms with Crippen LogP contribution in [0.2, 0.25) is 0 Å². The molecule has 1 fully saturated rings. The van der Waals surface area contributed by atoms with Crippen LogP contribution in [0.25, 0.3) is 0 Å². The lowest BCUT2D eigenvalue weighted by Crippen LogP contribution is -2.58. The minimum atomic E-state index is -3.09. The topological polar surface area (TPSA) is 49.4 Å². The molecule has 0 radical (unpaired) electrons. The maximum Gasteiger partial charge on any atom is 0.214 e. The molecule has 0 amide bonds. The van der Waals surface area contributed by atoms with E-state index in [-0.39, 0.29) is 11.8 Å². The maximum atomic E-state index is 12.4. The molecule has 0 bridgehead atoms. The summed E-state index contributed by atoms with van der Waals surface area (Å²) in [6.07, 6.45) is 2.61. The molecule has 4 nitrogen and oxygen atoms in total. The molecule has 1 aliphatic rings. The van der Waals surface area contributed by atoms with Gasteiger partial charge in [0, 0.05) is 25.2 Å². The highest BCUT2D eigenvalue weighted by Crippen LogP contribution is 2.18. The van der Waals surface area contributed by atoms with Gasteiger partial charge in [-0.2, -0.15) is 4.31 Å². The van der Waals surface area contributed by atoms with E-state index in [1.165, 1.54) is 0 Å². The smallest absolute Gasteiger partial charge is 0.214 e. The quantitative estimate of drug-likeness (QED) is 0.805. The van der Waals surface area contributed by atoms with Gasteiger partial charge in [-0.25, -0.2) is 8.42 Å². The van der Waals surface area contributed by atoms with Crippen LogP contribution in [-0.4, -0.2) is 43.6 Å². The maximum absolute atomic E-state index is 12.4. The van der Waals surface area contributed by atoms with Crippen LogP contribution < -0.4 is 5.32 Å². The predicted octanol–water partition coefficient (Wildman–Crippen LogP) is 1.82. The molecule has 0 aliphatic carbocycles. The van der Waals surface area contributed by atoms with Gasteiger partial charge >= 0.3 is 0 Å². The van der Waals surface area contributed by atoms with E-state index in [1.54, 1.807) is 4.31 Å². The molecule has 0 saturated carbocycles. The Labute approximate surface area is 112 Å². The number of hydrogen-bond acceptors (Lipinski definition) is 3. The summed E-state index contributed by atoms with van der Waals surface area (Å²) in [5, 5.41) is 3.43. The van der Waals surface area contributed by atoms with Crippen LogP contribution in [0.5, 0.6) is 0 Å². The van der Waals surface area contributed by atoms with Crippen molar-refractivity contribution in [1.82, 2.24) is 9.62 Å². The fourth-order valence-corrected chi connectivity index (χ4v) is 4.39. The van der Waals surface area contributed by atoms with Crippen molar-refractivity contribution in [2.45, 2.75) is 59.0 Å². The Morgan fingerprint density at radius 3 is 2.44 bits per heavy atom. The van der Waals surface area contributed by atoms with Gasteiger partial charge in [-0.05, 0) is 25.2 Å². The molecule has 1 heterocycles. The molecule has 0 spiro atoms. The molecule has 2 unspecified atom stereocenters. The van der Waals surface area contributed by atoms with Crippen LogP contribution in [0.4, 0.5) is 0 Å². The van der Waals surface area contributed by atoms with E-state index in [1.807, 2.05) is 0 Å². The van der Waals surface area contributed by atoms with Gasteiger partial charge in [0.1, 0.15) is 0 Å². The van der Waals surface area contributed by atoms with E-state index in [0.717, 1.165) is 25.8 Å². The van der Waals surface area contributed by atoms with Crippen molar-refractivity contribution in [1.29, 1.82) is 0 Å². The standard InChI is InChI=1S/C13H28N2O2S/c1-5-12-10-15(13(6-2)9-14-12)18(16,17)8-7-11(3)4/h11-14H,5-10H2,1-4H3. The highest BCUT2D eigenvalue weighted by Gasteiger charge is 2.34. The van der Waals surface area contributed by atoms with Gasteiger partial charge in [0.25, 0.3) is 0 Å². The van der Waals surface area contributed by atoms with Crippen molar-refractivity contribution >= 4 is 10.0 Å². The first kappa shape index (κ1) is 15.9. The van der Waals surface area contributed by atoms with Crippen LogP contribution in [-0.2, 0) is 10.0 Å². The van der Waals surface area contributed by atoms with Crippen LogP contribution in [0.15, 0.2) is 0 Å². The summed E-state index contributed by atoms with van der Waals surface area (Å²) in [7, 11) is -3.09. The van der Waals surface area contributed by atoms with Crippen molar-refractivity contribution in [2.24, 2.45) is 5.92 Å². The number of nitrogens with one attached hydrogen (secondary N) is 1. The highest BCUT2D eigenvalue weighted by molar-refractivity contribution is 7.89. The summed E-state index contributed by atoms with van der Waals surface area (Å²) in [5.41, 5.74) is 0. The Morgan fingerprint density at radius 1 is 1.28 bits per heavy atom. The first-order chi connectivity index (χ1) is 8.40. The Balaban J connectivity index is 2.74. The predicted molar refractivity (Wildman–Crippen MR) is 76.1 cm³/mol. The normalized spacial score (nSPS) is 26.7. The molecule has 1 saturated heterocycles. The first-order valence-corrected chi connectivity index (χ1v) is 8.74. The molecule has 0 aromatic rings. The summed E-state index contributed by atoms with van der Waals surface area (Å²) < 4.78 is 26.6. The second-order valence-electron chi connectivity index (χ2n) is 5.64. The largest absolute Gasteiger partial charge is 0.311 e. The molecular formula is C13H28N2O2S. The van der Waals surface area contributed by atoms with E-state index in [2.05, 4.69) is 33.0 Å². The minimum absolute atomic E-state index is 0.130. The van der Waals surface area contributed by atoms with Crippen LogP contribution in [0, 0.1) is 5.92 Å². The van der Waals surface area contributed by atoms with Crippen molar-refractivity contribution in [3.8, 4) is 0 Å². The fourth-order valence-electron chi connectivity index (χ4n) is 2.30. The molecule has 5 heteroatoms. The van der Waals surface area contributed by atoms with Gasteiger partial charge in [-0.3, -0.25) is 0 Å². The molecule has 1 N–H and O–H groups in total. The summed E-state index contributed by atoms with van der Waals surface area (Å²) in [6, 6.07) is 0.437. The molecule has 1 rings (SSSR count). The van der Waals surface area contributed by atoms with Crippen molar-refractivity contribution in [3.05, 3.63) is 0 Å². The Bertz CT molecular complexity index is 341. The second-order valence-corrected chi connectivity index (χ2v) is 7.68. The number of sulfonamides is 1. The third kappa shape index (κ3) is 4.21. The SMILES string of the molecule is CCC1CN(S(=O)(=O)CCC(C)C)C(CC)CN1. The lowest BCUT2D eigenvalue weighted by atomic mass is 10.1. The van der Waals surface area contributed by atoms with Crippen LogP contribution in [0.1, 0.15) is 47.0 Å². The summed E-state index contributed by atoms with van der Waals surface area (Å²) in [4.78, 5) is 0. The third-order valence-electron chi connectivity index (χ3n) is 3.72. The Hall–Kier alpha value is -0.130. The average Bonchev–Trinajstić information content (AvgIpc) is 2.35. The zero-order valence-corrected chi connectivity index (χ0v) is 13.0. The van der Waals surface area contributed by atoms with Gasteiger partial charge in [0.15, 0.2) is 0 Å². The minimum Gasteiger partial charge on any atom is -0.311 e. The number of hydrogen-bond donors (Lipinski definition) is 1. The van der Waals surface area contributed by atoms with E-state index >= 15 is 0 Å². The van der Waals surface area contributed by atoms with Crippen molar-refractivity contribution in [3.63, 3.8) is 0 Å². The number of nitrogens with zero attached hydrogens (tertiary/aromatic N) is 1. The lowest BCUT2D eigenvalue weighted by molar-refractivity contribution is 0.215. The summed E-state index contributed by atoms with van der Waals surface area (Å²) in [5.74, 6) is 0.724. The fraction of sp³-hybridized carbons (Fsp3) is 1.00. The highest BCUT2D eigenvalue weighted by atomic mass is 32.2. The average molecular weight is 276 g/mol. The van der Waals surface area contributed by atoms with Crippen LogP contribution in [0.3, 0.4) is 0 Å². The Morgan fingerprint density at radius 2 is 1.94 bits per heavy atom. The van der Waals surface area contributed by atoms with Crippen molar-refractivity contribution < 1.29 is 8.42 Å². The summed E-state index contributed by atoms with van der Waals surface area (Å²) in [6.45, 7) is 9.72. The van der Waals surface area contributed by atoms with Crippen molar-refractivity contribution in [2.75, 3.05) is 18.8 Å². The molecule has 2 atom stereocenters. The van der Waals surface area contributed by atoms with Gasteiger partial charge in [0.2, 0.25) is 10.0 Å². The summed E-state index contributed by atoms with van der Waals surface area (Å²) >= 11 is 0. The van der Waals surface area contributed by atoms with E-state index < -0.39 is 10.0 Å². The monoisotopic (exact) mass is 276 g/mol. The van der Waals surface area contributed by atoms with E-state index in [9.17, 15) is 8.42 Å². The van der Waals surface area contributed by atoms with Gasteiger partial charge in [0.05, 0.1) is 5.75 Å². The Kier molecular flexibility index (Phi) is 6.08. The van der Waals surface area contributed by atoms with Gasteiger partial charge < -0.3 is 5.32 Å². The van der Waals surface area contributed by atoms with Gasteiger partial charge in [-0.15, -0.1) is 0 Å². The molecular weight excluding hydrogens is 248 g/mol. The van der Waals surface area contributed by atoms with Crippen LogP contribution >= 0.6 is 0 Å². The lowest BCUT2D eigenvalue weighted by Gasteiger charge is -2.39. The molecule has 0 aromatic heterocycles. The third-order valence-corrected chi connectivity index (χ3v) is 5.64.